The van der Waals surface area contributed by atoms with Gasteiger partial charge in [-0.05, 0) is 50.7 Å². The van der Waals surface area contributed by atoms with Crippen molar-refractivity contribution in [3.63, 3.8) is 0 Å². The topological polar surface area (TPSA) is 35.6 Å². The minimum absolute atomic E-state index is 0.0219. The summed E-state index contributed by atoms with van der Waals surface area (Å²) < 4.78 is 0. The molecule has 0 saturated carbocycles. The molecule has 1 aliphatic heterocycles. The van der Waals surface area contributed by atoms with Crippen LogP contribution in [0.4, 0.5) is 10.5 Å². The number of urea groups is 1. The molecule has 20 heavy (non-hydrogen) atoms. The average molecular weight is 296 g/mol. The second-order valence-electron chi connectivity index (χ2n) is 5.44. The van der Waals surface area contributed by atoms with Gasteiger partial charge in [0.1, 0.15) is 0 Å². The summed E-state index contributed by atoms with van der Waals surface area (Å²) in [4.78, 5) is 16.3. The number of nitrogens with zero attached hydrogens (tertiary/aromatic N) is 2. The molecule has 1 aromatic rings. The first-order chi connectivity index (χ1) is 9.51. The molecule has 1 fully saturated rings. The van der Waals surface area contributed by atoms with E-state index < -0.39 is 0 Å². The first-order valence-corrected chi connectivity index (χ1v) is 7.39. The maximum absolute atomic E-state index is 12.3. The number of hydrogen-bond acceptors (Lipinski definition) is 2. The Morgan fingerprint density at radius 1 is 1.50 bits per heavy atom. The molecule has 5 heteroatoms. The van der Waals surface area contributed by atoms with Gasteiger partial charge < -0.3 is 15.1 Å². The standard InChI is InChI=1S/C15H22ClN3O/c1-4-11-9-12(16)5-6-14(11)17-15(20)19-8-7-13(10-19)18(2)3/h5-6,9,13H,4,7-8,10H2,1-3H3,(H,17,20)/t13-/m1/s1. The zero-order valence-electron chi connectivity index (χ0n) is 12.3. The minimum atomic E-state index is -0.0219. The maximum atomic E-state index is 12.3. The Kier molecular flexibility index (Phi) is 4.89. The van der Waals surface area contributed by atoms with Gasteiger partial charge in [0.25, 0.3) is 0 Å². The van der Waals surface area contributed by atoms with Crippen LogP contribution < -0.4 is 5.32 Å². The third-order valence-electron chi connectivity index (χ3n) is 3.87. The van der Waals surface area contributed by atoms with Crippen LogP contribution in [-0.2, 0) is 6.42 Å². The highest BCUT2D eigenvalue weighted by Crippen LogP contribution is 2.22. The summed E-state index contributed by atoms with van der Waals surface area (Å²) in [5.41, 5.74) is 1.92. The molecule has 0 radical (unpaired) electrons. The lowest BCUT2D eigenvalue weighted by atomic mass is 10.1. The highest BCUT2D eigenvalue weighted by atomic mass is 35.5. The Bertz CT molecular complexity index is 490. The molecule has 4 nitrogen and oxygen atoms in total. The summed E-state index contributed by atoms with van der Waals surface area (Å²) in [5.74, 6) is 0. The number of nitrogens with one attached hydrogen (secondary N) is 1. The first kappa shape index (κ1) is 15.1. The van der Waals surface area contributed by atoms with Crippen LogP contribution in [0.5, 0.6) is 0 Å². The van der Waals surface area contributed by atoms with Gasteiger partial charge in [0.05, 0.1) is 0 Å². The van der Waals surface area contributed by atoms with Crippen LogP contribution in [0.3, 0.4) is 0 Å². The van der Waals surface area contributed by atoms with Crippen molar-refractivity contribution in [3.8, 4) is 0 Å². The molecule has 0 spiro atoms. The number of benzene rings is 1. The number of likely N-dealkylation sites (N-methyl/N-ethyl adjacent to an activating group) is 1. The van der Waals surface area contributed by atoms with Gasteiger partial charge in [0.15, 0.2) is 0 Å². The molecule has 1 heterocycles. The van der Waals surface area contributed by atoms with Crippen LogP contribution >= 0.6 is 11.6 Å². The predicted molar refractivity (Wildman–Crippen MR) is 83.5 cm³/mol. The molecule has 0 bridgehead atoms. The first-order valence-electron chi connectivity index (χ1n) is 7.02. The number of halogens is 1. The Morgan fingerprint density at radius 2 is 2.25 bits per heavy atom. The van der Waals surface area contributed by atoms with Crippen LogP contribution in [0.1, 0.15) is 18.9 Å². The Morgan fingerprint density at radius 3 is 2.85 bits per heavy atom. The van der Waals surface area contributed by atoms with E-state index in [1.54, 1.807) is 0 Å². The number of rotatable bonds is 3. The summed E-state index contributed by atoms with van der Waals surface area (Å²) in [6.45, 7) is 3.65. The van der Waals surface area contributed by atoms with E-state index in [1.807, 2.05) is 23.1 Å². The number of amides is 2. The molecule has 0 aliphatic carbocycles. The van der Waals surface area contributed by atoms with E-state index in [0.717, 1.165) is 37.2 Å². The van der Waals surface area contributed by atoms with Gasteiger partial charge in [0.2, 0.25) is 0 Å². The Balaban J connectivity index is 2.02. The van der Waals surface area contributed by atoms with Gasteiger partial charge >= 0.3 is 6.03 Å². The fourth-order valence-electron chi connectivity index (χ4n) is 2.52. The lowest BCUT2D eigenvalue weighted by molar-refractivity contribution is 0.216. The highest BCUT2D eigenvalue weighted by Gasteiger charge is 2.27. The molecule has 1 N–H and O–H groups in total. The monoisotopic (exact) mass is 295 g/mol. The molecule has 2 amide bonds. The van der Waals surface area contributed by atoms with E-state index in [9.17, 15) is 4.79 Å². The number of anilines is 1. The van der Waals surface area contributed by atoms with E-state index in [1.165, 1.54) is 0 Å². The quantitative estimate of drug-likeness (QED) is 0.930. The fourth-order valence-corrected chi connectivity index (χ4v) is 2.71. The Labute approximate surface area is 125 Å². The normalized spacial score (nSPS) is 18.6. The lowest BCUT2D eigenvalue weighted by Gasteiger charge is -2.21. The molecule has 1 aromatic carbocycles. The second kappa shape index (κ2) is 6.46. The van der Waals surface area contributed by atoms with E-state index in [4.69, 9.17) is 11.6 Å². The molecular weight excluding hydrogens is 274 g/mol. The van der Waals surface area contributed by atoms with Crippen LogP contribution in [0.2, 0.25) is 5.02 Å². The van der Waals surface area contributed by atoms with Gasteiger partial charge in [-0.15, -0.1) is 0 Å². The zero-order valence-corrected chi connectivity index (χ0v) is 13.1. The van der Waals surface area contributed by atoms with Crippen molar-refractivity contribution in [3.05, 3.63) is 28.8 Å². The number of likely N-dealkylation sites (tertiary alicyclic amines) is 1. The number of carbonyl (C=O) groups excluding carboxylic acids is 1. The molecule has 0 unspecified atom stereocenters. The van der Waals surface area contributed by atoms with Gasteiger partial charge in [0, 0.05) is 29.8 Å². The maximum Gasteiger partial charge on any atom is 0.321 e. The highest BCUT2D eigenvalue weighted by molar-refractivity contribution is 6.30. The fraction of sp³-hybridized carbons (Fsp3) is 0.533. The molecule has 1 saturated heterocycles. The predicted octanol–water partition coefficient (Wildman–Crippen LogP) is 3.07. The molecule has 1 atom stereocenters. The zero-order chi connectivity index (χ0) is 14.7. The number of carbonyl (C=O) groups is 1. The van der Waals surface area contributed by atoms with Gasteiger partial charge in [-0.25, -0.2) is 4.79 Å². The second-order valence-corrected chi connectivity index (χ2v) is 5.87. The van der Waals surface area contributed by atoms with E-state index in [-0.39, 0.29) is 6.03 Å². The Hall–Kier alpha value is -1.26. The molecule has 0 aromatic heterocycles. The molecule has 110 valence electrons. The van der Waals surface area contributed by atoms with Crippen LogP contribution in [0.25, 0.3) is 0 Å². The summed E-state index contributed by atoms with van der Waals surface area (Å²) in [5, 5.41) is 3.70. The van der Waals surface area contributed by atoms with Crippen molar-refractivity contribution < 1.29 is 4.79 Å². The summed E-state index contributed by atoms with van der Waals surface area (Å²) in [6.07, 6.45) is 1.87. The van der Waals surface area contributed by atoms with Crippen molar-refractivity contribution in [2.45, 2.75) is 25.8 Å². The third kappa shape index (κ3) is 3.44. The summed E-state index contributed by atoms with van der Waals surface area (Å²) in [7, 11) is 4.11. The van der Waals surface area contributed by atoms with E-state index in [2.05, 4.69) is 31.2 Å². The molecule has 1 aliphatic rings. The van der Waals surface area contributed by atoms with Crippen molar-refractivity contribution in [1.29, 1.82) is 0 Å². The van der Waals surface area contributed by atoms with Crippen molar-refractivity contribution in [2.24, 2.45) is 0 Å². The SMILES string of the molecule is CCc1cc(Cl)ccc1NC(=O)N1CC[C@@H](N(C)C)C1. The number of hydrogen-bond donors (Lipinski definition) is 1. The van der Waals surface area contributed by atoms with Crippen LogP contribution in [-0.4, -0.2) is 49.1 Å². The smallest absolute Gasteiger partial charge is 0.321 e. The van der Waals surface area contributed by atoms with Crippen LogP contribution in [0.15, 0.2) is 18.2 Å². The van der Waals surface area contributed by atoms with E-state index >= 15 is 0 Å². The van der Waals surface area contributed by atoms with Crippen LogP contribution in [0, 0.1) is 0 Å². The van der Waals surface area contributed by atoms with Crippen molar-refractivity contribution >= 4 is 23.3 Å². The lowest BCUT2D eigenvalue weighted by Crippen LogP contribution is -2.37. The molecular formula is C15H22ClN3O. The van der Waals surface area contributed by atoms with Gasteiger partial charge in [-0.3, -0.25) is 0 Å². The van der Waals surface area contributed by atoms with Crippen molar-refractivity contribution in [1.82, 2.24) is 9.80 Å². The average Bonchev–Trinajstić information content (AvgIpc) is 2.90. The van der Waals surface area contributed by atoms with Crippen molar-refractivity contribution in [2.75, 3.05) is 32.5 Å². The van der Waals surface area contributed by atoms with Gasteiger partial charge in [-0.1, -0.05) is 18.5 Å². The third-order valence-corrected chi connectivity index (χ3v) is 4.11. The van der Waals surface area contributed by atoms with Gasteiger partial charge in [-0.2, -0.15) is 0 Å². The molecule has 2 rings (SSSR count). The summed E-state index contributed by atoms with van der Waals surface area (Å²) >= 11 is 5.98. The summed E-state index contributed by atoms with van der Waals surface area (Å²) in [6, 6.07) is 6.02. The largest absolute Gasteiger partial charge is 0.323 e. The van der Waals surface area contributed by atoms with E-state index in [0.29, 0.717) is 11.1 Å². The minimum Gasteiger partial charge on any atom is -0.323 e. The number of aryl methyl sites for hydroxylation is 1.